The highest BCUT2D eigenvalue weighted by atomic mass is 16.1. The molecule has 2 nitrogen and oxygen atoms in total. The number of rotatable bonds is 5. The standard InChI is InChI=1S/C17H25NO/c1-4-14-7-9-15(10-8-14)17(19)12-18-13(3)6-11-16(18)5-2/h7-10,13,16H,4-6,11-12H2,1-3H3. The fourth-order valence-corrected chi connectivity index (χ4v) is 3.03. The van der Waals surface area contributed by atoms with E-state index in [1.54, 1.807) is 0 Å². The van der Waals surface area contributed by atoms with Crippen molar-refractivity contribution in [3.63, 3.8) is 0 Å². The maximum Gasteiger partial charge on any atom is 0.176 e. The molecule has 2 atom stereocenters. The molecule has 1 saturated heterocycles. The molecule has 2 unspecified atom stereocenters. The van der Waals surface area contributed by atoms with Crippen LogP contribution in [-0.4, -0.2) is 29.3 Å². The summed E-state index contributed by atoms with van der Waals surface area (Å²) in [4.78, 5) is 14.8. The van der Waals surface area contributed by atoms with Crippen LogP contribution in [0.4, 0.5) is 0 Å². The molecule has 0 N–H and O–H groups in total. The van der Waals surface area contributed by atoms with E-state index in [0.717, 1.165) is 18.4 Å². The molecule has 0 bridgehead atoms. The summed E-state index contributed by atoms with van der Waals surface area (Å²) in [5.74, 6) is 0.259. The summed E-state index contributed by atoms with van der Waals surface area (Å²) in [5, 5.41) is 0. The summed E-state index contributed by atoms with van der Waals surface area (Å²) in [6, 6.07) is 9.22. The number of Topliss-reactive ketones (excluding diaryl/α,β-unsaturated/α-hetero) is 1. The minimum Gasteiger partial charge on any atom is -0.293 e. The zero-order chi connectivity index (χ0) is 13.8. The summed E-state index contributed by atoms with van der Waals surface area (Å²) in [7, 11) is 0. The second-order valence-electron chi connectivity index (χ2n) is 5.63. The van der Waals surface area contributed by atoms with Gasteiger partial charge in [0.25, 0.3) is 0 Å². The van der Waals surface area contributed by atoms with Crippen LogP contribution in [0, 0.1) is 0 Å². The van der Waals surface area contributed by atoms with Gasteiger partial charge in [-0.2, -0.15) is 0 Å². The normalized spacial score (nSPS) is 23.7. The molecule has 0 radical (unpaired) electrons. The van der Waals surface area contributed by atoms with E-state index in [4.69, 9.17) is 0 Å². The van der Waals surface area contributed by atoms with Crippen LogP contribution in [0.15, 0.2) is 24.3 Å². The molecule has 0 saturated carbocycles. The van der Waals surface area contributed by atoms with Gasteiger partial charge in [0.05, 0.1) is 6.54 Å². The SMILES string of the molecule is CCc1ccc(C(=O)CN2C(C)CCC2CC)cc1. The molecule has 0 aromatic heterocycles. The van der Waals surface area contributed by atoms with Gasteiger partial charge in [-0.05, 0) is 38.2 Å². The summed E-state index contributed by atoms with van der Waals surface area (Å²) in [5.41, 5.74) is 2.14. The van der Waals surface area contributed by atoms with Crippen molar-refractivity contribution in [2.24, 2.45) is 0 Å². The minimum absolute atomic E-state index is 0.259. The Kier molecular flexibility index (Phi) is 4.76. The van der Waals surface area contributed by atoms with Crippen molar-refractivity contribution < 1.29 is 4.79 Å². The van der Waals surface area contributed by atoms with Crippen molar-refractivity contribution in [2.45, 2.75) is 58.5 Å². The Morgan fingerprint density at radius 2 is 1.89 bits per heavy atom. The van der Waals surface area contributed by atoms with Gasteiger partial charge in [-0.1, -0.05) is 38.1 Å². The second kappa shape index (κ2) is 6.33. The Morgan fingerprint density at radius 3 is 2.47 bits per heavy atom. The molecule has 1 aliphatic heterocycles. The lowest BCUT2D eigenvalue weighted by atomic mass is 10.1. The van der Waals surface area contributed by atoms with Gasteiger partial charge in [0, 0.05) is 17.6 Å². The molecule has 2 heteroatoms. The molecule has 19 heavy (non-hydrogen) atoms. The first kappa shape index (κ1) is 14.3. The van der Waals surface area contributed by atoms with Crippen LogP contribution >= 0.6 is 0 Å². The lowest BCUT2D eigenvalue weighted by Crippen LogP contribution is -2.38. The molecule has 104 valence electrons. The number of hydrogen-bond donors (Lipinski definition) is 0. The summed E-state index contributed by atoms with van der Waals surface area (Å²) >= 11 is 0. The van der Waals surface area contributed by atoms with E-state index < -0.39 is 0 Å². The molecule has 1 aliphatic rings. The summed E-state index contributed by atoms with van der Waals surface area (Å²) in [6.07, 6.45) is 4.63. The second-order valence-corrected chi connectivity index (χ2v) is 5.63. The van der Waals surface area contributed by atoms with E-state index in [2.05, 4.69) is 37.8 Å². The Hall–Kier alpha value is -1.15. The van der Waals surface area contributed by atoms with E-state index >= 15 is 0 Å². The van der Waals surface area contributed by atoms with Crippen molar-refractivity contribution in [2.75, 3.05) is 6.54 Å². The van der Waals surface area contributed by atoms with Crippen molar-refractivity contribution in [3.8, 4) is 0 Å². The topological polar surface area (TPSA) is 20.3 Å². The molecular formula is C17H25NO. The zero-order valence-electron chi connectivity index (χ0n) is 12.4. The van der Waals surface area contributed by atoms with Crippen LogP contribution in [0.5, 0.6) is 0 Å². The number of carbonyl (C=O) groups excluding carboxylic acids is 1. The first-order valence-corrected chi connectivity index (χ1v) is 7.53. The predicted molar refractivity (Wildman–Crippen MR) is 79.6 cm³/mol. The van der Waals surface area contributed by atoms with E-state index in [1.807, 2.05) is 12.1 Å². The van der Waals surface area contributed by atoms with Gasteiger partial charge in [-0.15, -0.1) is 0 Å². The van der Waals surface area contributed by atoms with Gasteiger partial charge >= 0.3 is 0 Å². The van der Waals surface area contributed by atoms with E-state index in [0.29, 0.717) is 18.6 Å². The van der Waals surface area contributed by atoms with Gasteiger partial charge in [0.15, 0.2) is 5.78 Å². The third-order valence-electron chi connectivity index (χ3n) is 4.43. The Bertz CT molecular complexity index is 423. The van der Waals surface area contributed by atoms with Crippen molar-refractivity contribution in [1.29, 1.82) is 0 Å². The quantitative estimate of drug-likeness (QED) is 0.752. The van der Waals surface area contributed by atoms with Crippen LogP contribution in [0.3, 0.4) is 0 Å². The van der Waals surface area contributed by atoms with Gasteiger partial charge in [0.2, 0.25) is 0 Å². The molecule has 1 fully saturated rings. The third-order valence-corrected chi connectivity index (χ3v) is 4.43. The fourth-order valence-electron chi connectivity index (χ4n) is 3.03. The summed E-state index contributed by atoms with van der Waals surface area (Å²) < 4.78 is 0. The van der Waals surface area contributed by atoms with Crippen LogP contribution in [0.25, 0.3) is 0 Å². The molecule has 0 amide bonds. The molecule has 1 aromatic carbocycles. The Balaban J connectivity index is 2.03. The highest BCUT2D eigenvalue weighted by Gasteiger charge is 2.30. The van der Waals surface area contributed by atoms with E-state index in [1.165, 1.54) is 18.4 Å². The molecule has 1 heterocycles. The van der Waals surface area contributed by atoms with Crippen LogP contribution in [-0.2, 0) is 6.42 Å². The number of hydrogen-bond acceptors (Lipinski definition) is 2. The number of ketones is 1. The number of nitrogens with zero attached hydrogens (tertiary/aromatic N) is 1. The Morgan fingerprint density at radius 1 is 1.21 bits per heavy atom. The molecule has 1 aromatic rings. The number of aryl methyl sites for hydroxylation is 1. The lowest BCUT2D eigenvalue weighted by Gasteiger charge is -2.26. The van der Waals surface area contributed by atoms with Gasteiger partial charge in [0.1, 0.15) is 0 Å². The lowest BCUT2D eigenvalue weighted by molar-refractivity contribution is 0.0889. The molecular weight excluding hydrogens is 234 g/mol. The zero-order valence-corrected chi connectivity index (χ0v) is 12.4. The van der Waals surface area contributed by atoms with E-state index in [9.17, 15) is 4.79 Å². The number of likely N-dealkylation sites (tertiary alicyclic amines) is 1. The molecule has 0 aliphatic carbocycles. The van der Waals surface area contributed by atoms with Crippen LogP contribution in [0.2, 0.25) is 0 Å². The van der Waals surface area contributed by atoms with E-state index in [-0.39, 0.29) is 5.78 Å². The van der Waals surface area contributed by atoms with Crippen LogP contribution < -0.4 is 0 Å². The average molecular weight is 259 g/mol. The van der Waals surface area contributed by atoms with Crippen LogP contribution in [0.1, 0.15) is 56.0 Å². The highest BCUT2D eigenvalue weighted by Crippen LogP contribution is 2.26. The van der Waals surface area contributed by atoms with Crippen molar-refractivity contribution in [3.05, 3.63) is 35.4 Å². The van der Waals surface area contributed by atoms with Gasteiger partial charge in [-0.3, -0.25) is 9.69 Å². The minimum atomic E-state index is 0.259. The molecule has 0 spiro atoms. The smallest absolute Gasteiger partial charge is 0.176 e. The number of benzene rings is 1. The largest absolute Gasteiger partial charge is 0.293 e. The van der Waals surface area contributed by atoms with Crippen molar-refractivity contribution >= 4 is 5.78 Å². The highest BCUT2D eigenvalue weighted by molar-refractivity contribution is 5.97. The average Bonchev–Trinajstić information content (AvgIpc) is 2.79. The Labute approximate surface area is 116 Å². The van der Waals surface area contributed by atoms with Gasteiger partial charge < -0.3 is 0 Å². The third kappa shape index (κ3) is 3.24. The number of carbonyl (C=O) groups is 1. The monoisotopic (exact) mass is 259 g/mol. The molecule has 2 rings (SSSR count). The predicted octanol–water partition coefficient (Wildman–Crippen LogP) is 3.69. The first-order chi connectivity index (χ1) is 9.15. The summed E-state index contributed by atoms with van der Waals surface area (Å²) in [6.45, 7) is 7.17. The van der Waals surface area contributed by atoms with Crippen molar-refractivity contribution in [1.82, 2.24) is 4.90 Å². The maximum absolute atomic E-state index is 12.4. The van der Waals surface area contributed by atoms with Gasteiger partial charge in [-0.25, -0.2) is 0 Å². The first-order valence-electron chi connectivity index (χ1n) is 7.53. The maximum atomic E-state index is 12.4. The fraction of sp³-hybridized carbons (Fsp3) is 0.588.